The highest BCUT2D eigenvalue weighted by Gasteiger charge is 2.25. The van der Waals surface area contributed by atoms with Gasteiger partial charge in [0.05, 0.1) is 6.61 Å². The van der Waals surface area contributed by atoms with Crippen molar-refractivity contribution in [3.8, 4) is 0 Å². The van der Waals surface area contributed by atoms with Crippen LogP contribution in [0.5, 0.6) is 0 Å². The maximum Gasteiger partial charge on any atom is 0.0610 e. The van der Waals surface area contributed by atoms with E-state index in [1.807, 2.05) is 0 Å². The van der Waals surface area contributed by atoms with Crippen LogP contribution in [-0.2, 0) is 0 Å². The quantitative estimate of drug-likeness (QED) is 0.676. The number of rotatable bonds is 9. The summed E-state index contributed by atoms with van der Waals surface area (Å²) in [7, 11) is 0. The SMILES string of the molecule is CCCC1CCN(CCCC(C)(CO)NC(C)C)C1. The van der Waals surface area contributed by atoms with Gasteiger partial charge in [-0.3, -0.25) is 0 Å². The molecule has 1 saturated heterocycles. The van der Waals surface area contributed by atoms with E-state index in [9.17, 15) is 5.11 Å². The van der Waals surface area contributed by atoms with Crippen LogP contribution < -0.4 is 5.32 Å². The molecule has 3 nitrogen and oxygen atoms in total. The van der Waals surface area contributed by atoms with E-state index in [1.165, 1.54) is 45.3 Å². The molecule has 0 bridgehead atoms. The van der Waals surface area contributed by atoms with Crippen molar-refractivity contribution in [1.82, 2.24) is 10.2 Å². The number of hydrogen-bond acceptors (Lipinski definition) is 3. The van der Waals surface area contributed by atoms with Crippen LogP contribution in [-0.4, -0.2) is 47.8 Å². The molecule has 1 fully saturated rings. The van der Waals surface area contributed by atoms with Gasteiger partial charge in [0.15, 0.2) is 0 Å². The molecule has 0 aliphatic carbocycles. The van der Waals surface area contributed by atoms with Gasteiger partial charge in [0.1, 0.15) is 0 Å². The average Bonchev–Trinajstić information content (AvgIpc) is 2.76. The standard InChI is InChI=1S/C16H34N2O/c1-5-7-15-8-11-18(12-15)10-6-9-16(4,13-19)17-14(2)3/h14-15,17,19H,5-13H2,1-4H3. The van der Waals surface area contributed by atoms with Gasteiger partial charge in [-0.2, -0.15) is 0 Å². The zero-order chi connectivity index (χ0) is 14.3. The predicted molar refractivity (Wildman–Crippen MR) is 82.5 cm³/mol. The molecular weight excluding hydrogens is 236 g/mol. The highest BCUT2D eigenvalue weighted by atomic mass is 16.3. The lowest BCUT2D eigenvalue weighted by Crippen LogP contribution is -2.49. The fourth-order valence-electron chi connectivity index (χ4n) is 3.35. The van der Waals surface area contributed by atoms with Crippen molar-refractivity contribution in [2.75, 3.05) is 26.2 Å². The molecule has 0 aromatic heterocycles. The molecule has 0 radical (unpaired) electrons. The summed E-state index contributed by atoms with van der Waals surface area (Å²) in [6, 6.07) is 0.429. The Bertz CT molecular complexity index is 245. The van der Waals surface area contributed by atoms with Gasteiger partial charge in [0.25, 0.3) is 0 Å². The van der Waals surface area contributed by atoms with Crippen molar-refractivity contribution < 1.29 is 5.11 Å². The summed E-state index contributed by atoms with van der Waals surface area (Å²) < 4.78 is 0. The van der Waals surface area contributed by atoms with Crippen molar-refractivity contribution in [2.24, 2.45) is 5.92 Å². The maximum atomic E-state index is 9.56. The molecule has 1 heterocycles. The fraction of sp³-hybridized carbons (Fsp3) is 1.00. The summed E-state index contributed by atoms with van der Waals surface area (Å²) in [6.45, 7) is 12.7. The van der Waals surface area contributed by atoms with Crippen LogP contribution >= 0.6 is 0 Å². The predicted octanol–water partition coefficient (Wildman–Crippen LogP) is 2.64. The first kappa shape index (κ1) is 16.9. The van der Waals surface area contributed by atoms with Gasteiger partial charge >= 0.3 is 0 Å². The van der Waals surface area contributed by atoms with Gasteiger partial charge in [0, 0.05) is 18.1 Å². The van der Waals surface area contributed by atoms with Crippen molar-refractivity contribution in [3.63, 3.8) is 0 Å². The van der Waals surface area contributed by atoms with Gasteiger partial charge in [-0.1, -0.05) is 27.2 Å². The first-order valence-corrected chi connectivity index (χ1v) is 8.10. The van der Waals surface area contributed by atoms with E-state index in [4.69, 9.17) is 0 Å². The number of hydrogen-bond donors (Lipinski definition) is 2. The molecule has 1 aliphatic rings. The lowest BCUT2D eigenvalue weighted by Gasteiger charge is -2.32. The van der Waals surface area contributed by atoms with Gasteiger partial charge in [-0.05, 0) is 51.6 Å². The molecule has 0 aromatic carbocycles. The van der Waals surface area contributed by atoms with Crippen LogP contribution in [0.4, 0.5) is 0 Å². The second-order valence-electron chi connectivity index (χ2n) is 6.87. The first-order chi connectivity index (χ1) is 8.99. The Morgan fingerprint density at radius 2 is 2.16 bits per heavy atom. The summed E-state index contributed by atoms with van der Waals surface area (Å²) in [5, 5.41) is 13.1. The smallest absolute Gasteiger partial charge is 0.0610 e. The van der Waals surface area contributed by atoms with Crippen molar-refractivity contribution in [2.45, 2.75) is 71.4 Å². The Morgan fingerprint density at radius 1 is 1.42 bits per heavy atom. The third-order valence-electron chi connectivity index (χ3n) is 4.26. The molecule has 114 valence electrons. The zero-order valence-corrected chi connectivity index (χ0v) is 13.4. The molecule has 2 unspecified atom stereocenters. The normalized spacial score (nSPS) is 24.0. The molecule has 0 saturated carbocycles. The number of aliphatic hydroxyl groups excluding tert-OH is 1. The second kappa shape index (κ2) is 8.23. The number of nitrogens with zero attached hydrogens (tertiary/aromatic N) is 1. The molecule has 0 aromatic rings. The van der Waals surface area contributed by atoms with Crippen LogP contribution in [0.3, 0.4) is 0 Å². The van der Waals surface area contributed by atoms with E-state index in [1.54, 1.807) is 0 Å². The largest absolute Gasteiger partial charge is 0.394 e. The van der Waals surface area contributed by atoms with Crippen molar-refractivity contribution in [3.05, 3.63) is 0 Å². The van der Waals surface area contributed by atoms with E-state index in [-0.39, 0.29) is 12.1 Å². The Morgan fingerprint density at radius 3 is 2.74 bits per heavy atom. The highest BCUT2D eigenvalue weighted by molar-refractivity contribution is 4.84. The van der Waals surface area contributed by atoms with E-state index < -0.39 is 0 Å². The molecule has 3 heteroatoms. The Balaban J connectivity index is 2.22. The van der Waals surface area contributed by atoms with Gasteiger partial charge in [0.2, 0.25) is 0 Å². The molecule has 2 atom stereocenters. The van der Waals surface area contributed by atoms with Crippen LogP contribution in [0.1, 0.15) is 59.8 Å². The molecule has 2 N–H and O–H groups in total. The van der Waals surface area contributed by atoms with Gasteiger partial charge < -0.3 is 15.3 Å². The minimum atomic E-state index is -0.114. The monoisotopic (exact) mass is 270 g/mol. The molecule has 0 amide bonds. The summed E-state index contributed by atoms with van der Waals surface area (Å²) >= 11 is 0. The van der Waals surface area contributed by atoms with E-state index >= 15 is 0 Å². The van der Waals surface area contributed by atoms with Crippen LogP contribution in [0, 0.1) is 5.92 Å². The van der Waals surface area contributed by atoms with Gasteiger partial charge in [-0.25, -0.2) is 0 Å². The summed E-state index contributed by atoms with van der Waals surface area (Å²) in [4.78, 5) is 2.60. The lowest BCUT2D eigenvalue weighted by atomic mass is 9.95. The third kappa shape index (κ3) is 6.24. The van der Waals surface area contributed by atoms with Crippen LogP contribution in [0.25, 0.3) is 0 Å². The van der Waals surface area contributed by atoms with Crippen molar-refractivity contribution in [1.29, 1.82) is 0 Å². The number of likely N-dealkylation sites (tertiary alicyclic amines) is 1. The van der Waals surface area contributed by atoms with E-state index in [0.717, 1.165) is 12.3 Å². The number of aliphatic hydroxyl groups is 1. The number of nitrogens with one attached hydrogen (secondary N) is 1. The highest BCUT2D eigenvalue weighted by Crippen LogP contribution is 2.22. The second-order valence-corrected chi connectivity index (χ2v) is 6.87. The molecule has 1 rings (SSSR count). The average molecular weight is 270 g/mol. The molecule has 19 heavy (non-hydrogen) atoms. The van der Waals surface area contributed by atoms with Gasteiger partial charge in [-0.15, -0.1) is 0 Å². The van der Waals surface area contributed by atoms with Crippen LogP contribution in [0.2, 0.25) is 0 Å². The van der Waals surface area contributed by atoms with Crippen molar-refractivity contribution >= 4 is 0 Å². The van der Waals surface area contributed by atoms with Crippen LogP contribution in [0.15, 0.2) is 0 Å². The summed E-state index contributed by atoms with van der Waals surface area (Å²) in [5.74, 6) is 0.933. The lowest BCUT2D eigenvalue weighted by molar-refractivity contribution is 0.150. The topological polar surface area (TPSA) is 35.5 Å². The minimum absolute atomic E-state index is 0.114. The third-order valence-corrected chi connectivity index (χ3v) is 4.26. The van der Waals surface area contributed by atoms with E-state index in [2.05, 4.69) is 37.9 Å². The maximum absolute atomic E-state index is 9.56. The molecular formula is C16H34N2O. The minimum Gasteiger partial charge on any atom is -0.394 e. The zero-order valence-electron chi connectivity index (χ0n) is 13.4. The summed E-state index contributed by atoms with van der Waals surface area (Å²) in [5.41, 5.74) is -0.114. The Kier molecular flexibility index (Phi) is 7.33. The first-order valence-electron chi connectivity index (χ1n) is 8.10. The fourth-order valence-corrected chi connectivity index (χ4v) is 3.35. The Hall–Kier alpha value is -0.120. The summed E-state index contributed by atoms with van der Waals surface area (Å²) in [6.07, 6.45) is 6.32. The van der Waals surface area contributed by atoms with E-state index in [0.29, 0.717) is 6.04 Å². The Labute approximate surface area is 119 Å². The molecule has 1 aliphatic heterocycles. The molecule has 0 spiro atoms.